The van der Waals surface area contributed by atoms with Gasteiger partial charge in [0.15, 0.2) is 0 Å². The maximum atomic E-state index is 11.3. The highest BCUT2D eigenvalue weighted by Gasteiger charge is 2.25. The van der Waals surface area contributed by atoms with Crippen LogP contribution in [0.15, 0.2) is 29.4 Å². The fraction of sp³-hybridized carbons (Fsp3) is 0.357. The fourth-order valence-electron chi connectivity index (χ4n) is 1.73. The average molecular weight is 259 g/mol. The first-order valence-electron chi connectivity index (χ1n) is 6.12. The molecule has 3 amide bonds. The largest absolute Gasteiger partial charge is 0.344 e. The van der Waals surface area contributed by atoms with Crippen LogP contribution >= 0.6 is 0 Å². The zero-order valence-electron chi connectivity index (χ0n) is 11.3. The van der Waals surface area contributed by atoms with Crippen molar-refractivity contribution in [2.75, 3.05) is 6.54 Å². The van der Waals surface area contributed by atoms with Gasteiger partial charge in [0.25, 0.3) is 0 Å². The predicted octanol–water partition coefficient (Wildman–Crippen LogP) is 1.87. The van der Waals surface area contributed by atoms with Crippen molar-refractivity contribution >= 4 is 18.2 Å². The first kappa shape index (κ1) is 13.3. The Hall–Kier alpha value is -2.17. The molecule has 1 saturated heterocycles. The van der Waals surface area contributed by atoms with Crippen LogP contribution in [0.1, 0.15) is 31.9 Å². The Morgan fingerprint density at radius 2 is 1.84 bits per heavy atom. The van der Waals surface area contributed by atoms with E-state index in [9.17, 15) is 9.59 Å². The molecule has 0 radical (unpaired) electrons. The number of nitrogens with one attached hydrogen (secondary N) is 1. The molecule has 0 spiro atoms. The van der Waals surface area contributed by atoms with E-state index in [2.05, 4.69) is 31.2 Å². The summed E-state index contributed by atoms with van der Waals surface area (Å²) in [7, 11) is 0. The van der Waals surface area contributed by atoms with Crippen LogP contribution in [-0.4, -0.2) is 29.7 Å². The van der Waals surface area contributed by atoms with Gasteiger partial charge in [0.1, 0.15) is 6.54 Å². The quantitative estimate of drug-likeness (QED) is 0.651. The standard InChI is InChI=1S/C14H17N3O2/c1-14(2,3)11-6-4-10(5-7-11)8-15-17-9-12(18)16-13(17)19/h4-8H,9H2,1-3H3,(H,16,18,19)/b15-8-. The summed E-state index contributed by atoms with van der Waals surface area (Å²) in [5.41, 5.74) is 2.23. The van der Waals surface area contributed by atoms with Crippen LogP contribution in [0, 0.1) is 0 Å². The van der Waals surface area contributed by atoms with E-state index in [1.54, 1.807) is 6.21 Å². The molecule has 1 heterocycles. The molecular formula is C14H17N3O2. The highest BCUT2D eigenvalue weighted by molar-refractivity contribution is 6.02. The van der Waals surface area contributed by atoms with Crippen molar-refractivity contribution < 1.29 is 9.59 Å². The number of rotatable bonds is 2. The Balaban J connectivity index is 2.08. The van der Waals surface area contributed by atoms with Gasteiger partial charge in [0, 0.05) is 0 Å². The minimum Gasteiger partial charge on any atom is -0.275 e. The molecule has 2 rings (SSSR count). The van der Waals surface area contributed by atoms with E-state index in [1.165, 1.54) is 5.56 Å². The number of amides is 3. The second-order valence-corrected chi connectivity index (χ2v) is 5.53. The van der Waals surface area contributed by atoms with Gasteiger partial charge in [-0.05, 0) is 16.5 Å². The van der Waals surface area contributed by atoms with Crippen LogP contribution in [-0.2, 0) is 10.2 Å². The number of benzene rings is 1. The van der Waals surface area contributed by atoms with E-state index >= 15 is 0 Å². The van der Waals surface area contributed by atoms with Gasteiger partial charge in [0.05, 0.1) is 6.21 Å². The summed E-state index contributed by atoms with van der Waals surface area (Å²) in [6.07, 6.45) is 1.57. The van der Waals surface area contributed by atoms with Gasteiger partial charge in [-0.2, -0.15) is 5.10 Å². The van der Waals surface area contributed by atoms with Gasteiger partial charge in [-0.15, -0.1) is 0 Å². The van der Waals surface area contributed by atoms with Crippen molar-refractivity contribution in [1.29, 1.82) is 0 Å². The normalized spacial score (nSPS) is 16.3. The summed E-state index contributed by atoms with van der Waals surface area (Å²) in [5.74, 6) is -0.328. The van der Waals surface area contributed by atoms with Crippen LogP contribution in [0.4, 0.5) is 4.79 Å². The molecule has 0 unspecified atom stereocenters. The Bertz CT molecular complexity index is 527. The molecular weight excluding hydrogens is 242 g/mol. The minimum absolute atomic E-state index is 0.0184. The third kappa shape index (κ3) is 3.19. The fourth-order valence-corrected chi connectivity index (χ4v) is 1.73. The van der Waals surface area contributed by atoms with Gasteiger partial charge < -0.3 is 0 Å². The van der Waals surface area contributed by atoms with Gasteiger partial charge in [-0.25, -0.2) is 9.80 Å². The lowest BCUT2D eigenvalue weighted by Crippen LogP contribution is -2.24. The number of carbonyl (C=O) groups excluding carboxylic acids is 2. The molecule has 1 N–H and O–H groups in total. The van der Waals surface area contributed by atoms with E-state index in [0.717, 1.165) is 10.6 Å². The molecule has 0 aliphatic carbocycles. The van der Waals surface area contributed by atoms with Crippen molar-refractivity contribution in [1.82, 2.24) is 10.3 Å². The van der Waals surface area contributed by atoms with Crippen LogP contribution in [0.5, 0.6) is 0 Å². The molecule has 5 nitrogen and oxygen atoms in total. The number of nitrogens with zero attached hydrogens (tertiary/aromatic N) is 2. The van der Waals surface area contributed by atoms with Gasteiger partial charge in [0.2, 0.25) is 5.91 Å². The lowest BCUT2D eigenvalue weighted by Gasteiger charge is -2.18. The molecule has 0 aromatic heterocycles. The van der Waals surface area contributed by atoms with Crippen LogP contribution in [0.3, 0.4) is 0 Å². The zero-order valence-corrected chi connectivity index (χ0v) is 11.3. The van der Waals surface area contributed by atoms with E-state index in [4.69, 9.17) is 0 Å². The minimum atomic E-state index is -0.479. The summed E-state index contributed by atoms with van der Waals surface area (Å²) in [6.45, 7) is 6.43. The predicted molar refractivity (Wildman–Crippen MR) is 73.0 cm³/mol. The molecule has 100 valence electrons. The SMILES string of the molecule is CC(C)(C)c1ccc(/C=N\N2CC(=O)NC2=O)cc1. The molecule has 0 bridgehead atoms. The van der Waals surface area contributed by atoms with E-state index in [0.29, 0.717) is 0 Å². The summed E-state index contributed by atoms with van der Waals surface area (Å²) >= 11 is 0. The number of hydrazone groups is 1. The van der Waals surface area contributed by atoms with Crippen molar-refractivity contribution in [2.24, 2.45) is 5.10 Å². The highest BCUT2D eigenvalue weighted by atomic mass is 16.2. The third-order valence-corrected chi connectivity index (χ3v) is 2.90. The zero-order chi connectivity index (χ0) is 14.0. The maximum absolute atomic E-state index is 11.3. The first-order chi connectivity index (χ1) is 8.86. The van der Waals surface area contributed by atoms with E-state index in [-0.39, 0.29) is 17.9 Å². The van der Waals surface area contributed by atoms with Crippen LogP contribution in [0.25, 0.3) is 0 Å². The van der Waals surface area contributed by atoms with Gasteiger partial charge in [-0.1, -0.05) is 45.0 Å². The smallest absolute Gasteiger partial charge is 0.275 e. The number of imide groups is 1. The third-order valence-electron chi connectivity index (χ3n) is 2.90. The number of hydrogen-bond acceptors (Lipinski definition) is 3. The second kappa shape index (κ2) is 4.84. The van der Waals surface area contributed by atoms with Crippen molar-refractivity contribution in [2.45, 2.75) is 26.2 Å². The summed E-state index contributed by atoms with van der Waals surface area (Å²) in [5, 5.41) is 7.27. The molecule has 1 aliphatic rings. The topological polar surface area (TPSA) is 61.8 Å². The second-order valence-electron chi connectivity index (χ2n) is 5.53. The monoisotopic (exact) mass is 259 g/mol. The van der Waals surface area contributed by atoms with Crippen molar-refractivity contribution in [3.63, 3.8) is 0 Å². The Morgan fingerprint density at radius 3 is 2.32 bits per heavy atom. The number of urea groups is 1. The lowest BCUT2D eigenvalue weighted by atomic mass is 9.87. The number of carbonyl (C=O) groups is 2. The Kier molecular flexibility index (Phi) is 3.38. The molecule has 19 heavy (non-hydrogen) atoms. The lowest BCUT2D eigenvalue weighted by molar-refractivity contribution is -0.118. The molecule has 1 aromatic carbocycles. The Labute approximate surface area is 112 Å². The van der Waals surface area contributed by atoms with Crippen molar-refractivity contribution in [3.05, 3.63) is 35.4 Å². The van der Waals surface area contributed by atoms with E-state index < -0.39 is 6.03 Å². The summed E-state index contributed by atoms with van der Waals surface area (Å²) < 4.78 is 0. The Morgan fingerprint density at radius 1 is 1.21 bits per heavy atom. The molecule has 0 saturated carbocycles. The average Bonchev–Trinajstić information content (AvgIpc) is 2.65. The van der Waals surface area contributed by atoms with Crippen LogP contribution in [0.2, 0.25) is 0 Å². The molecule has 1 fully saturated rings. The highest BCUT2D eigenvalue weighted by Crippen LogP contribution is 2.21. The molecule has 1 aromatic rings. The summed E-state index contributed by atoms with van der Waals surface area (Å²) in [6, 6.07) is 7.49. The first-order valence-corrected chi connectivity index (χ1v) is 6.12. The molecule has 5 heteroatoms. The molecule has 1 aliphatic heterocycles. The summed E-state index contributed by atoms with van der Waals surface area (Å²) in [4.78, 5) is 22.3. The van der Waals surface area contributed by atoms with Gasteiger partial charge in [-0.3, -0.25) is 10.1 Å². The van der Waals surface area contributed by atoms with Crippen molar-refractivity contribution in [3.8, 4) is 0 Å². The van der Waals surface area contributed by atoms with Crippen LogP contribution < -0.4 is 5.32 Å². The maximum Gasteiger partial charge on any atom is 0.344 e. The van der Waals surface area contributed by atoms with E-state index in [1.807, 2.05) is 24.3 Å². The number of hydrogen-bond donors (Lipinski definition) is 1. The van der Waals surface area contributed by atoms with Gasteiger partial charge >= 0.3 is 6.03 Å². The molecule has 0 atom stereocenters.